The van der Waals surface area contributed by atoms with Crippen LogP contribution in [0.25, 0.3) is 0 Å². The smallest absolute Gasteiger partial charge is 0.311 e. The molecule has 1 unspecified atom stereocenters. The fourth-order valence-corrected chi connectivity index (χ4v) is 7.72. The summed E-state index contributed by atoms with van der Waals surface area (Å²) in [5.41, 5.74) is 0.326. The molecule has 0 aromatic carbocycles. The highest BCUT2D eigenvalue weighted by Gasteiger charge is 2.54. The van der Waals surface area contributed by atoms with Crippen molar-refractivity contribution in [1.29, 1.82) is 0 Å². The molecular weight excluding hydrogens is 624 g/mol. The number of aliphatic hydroxyl groups is 2. The lowest BCUT2D eigenvalue weighted by Crippen LogP contribution is -2.57. The monoisotopic (exact) mass is 684 g/mol. The summed E-state index contributed by atoms with van der Waals surface area (Å²) in [5.74, 6) is -2.12. The molecule has 4 rings (SSSR count). The van der Waals surface area contributed by atoms with E-state index in [-0.39, 0.29) is 30.4 Å². The highest BCUT2D eigenvalue weighted by molar-refractivity contribution is 6.07. The lowest BCUT2D eigenvalue weighted by atomic mass is 9.78. The lowest BCUT2D eigenvalue weighted by molar-refractivity contribution is -0.298. The Balaban J connectivity index is 1.77. The van der Waals surface area contributed by atoms with Crippen LogP contribution in [0.15, 0.2) is 16.8 Å². The second kappa shape index (κ2) is 16.1. The number of hydrogen-bond donors (Lipinski definition) is 3. The molecule has 0 aliphatic carbocycles. The maximum Gasteiger partial charge on any atom is 0.311 e. The topological polar surface area (TPSA) is 161 Å². The summed E-state index contributed by atoms with van der Waals surface area (Å²) >= 11 is 0. The van der Waals surface area contributed by atoms with Gasteiger partial charge < -0.3 is 53.5 Å². The summed E-state index contributed by atoms with van der Waals surface area (Å²) < 4.78 is 43.4. The Morgan fingerprint density at radius 1 is 0.958 bits per heavy atom. The van der Waals surface area contributed by atoms with Crippen molar-refractivity contribution in [3.8, 4) is 0 Å². The number of carbonyl (C=O) groups is 1. The van der Waals surface area contributed by atoms with Crippen molar-refractivity contribution in [1.82, 2.24) is 4.90 Å². The van der Waals surface area contributed by atoms with Crippen LogP contribution < -0.4 is 0 Å². The first-order valence-electron chi connectivity index (χ1n) is 17.5. The molecule has 0 amide bonds. The number of rotatable bonds is 6. The van der Waals surface area contributed by atoms with Gasteiger partial charge in [-0.05, 0) is 73.0 Å². The molecule has 4 heterocycles. The van der Waals surface area contributed by atoms with E-state index in [1.165, 1.54) is 7.11 Å². The van der Waals surface area contributed by atoms with Crippen LogP contribution in [0.2, 0.25) is 0 Å². The van der Waals surface area contributed by atoms with E-state index in [1.807, 2.05) is 66.6 Å². The fourth-order valence-electron chi connectivity index (χ4n) is 7.72. The molecule has 276 valence electrons. The first kappa shape index (κ1) is 39.1. The first-order chi connectivity index (χ1) is 22.5. The van der Waals surface area contributed by atoms with Crippen LogP contribution in [-0.4, -0.2) is 133 Å². The van der Waals surface area contributed by atoms with Crippen molar-refractivity contribution in [2.75, 3.05) is 27.8 Å². The fraction of sp³-hybridized carbons (Fsp3) is 0.886. The van der Waals surface area contributed by atoms with Gasteiger partial charge in [0.2, 0.25) is 0 Å². The van der Waals surface area contributed by atoms with E-state index in [4.69, 9.17) is 33.2 Å². The zero-order valence-corrected chi connectivity index (χ0v) is 30.6. The Morgan fingerprint density at radius 2 is 1.62 bits per heavy atom. The number of aliphatic hydroxyl groups excluding tert-OH is 2. The molecule has 16 atom stereocenters. The van der Waals surface area contributed by atoms with E-state index in [0.717, 1.165) is 5.57 Å². The minimum atomic E-state index is -0.957. The van der Waals surface area contributed by atoms with E-state index in [9.17, 15) is 20.2 Å². The molecule has 1 spiro atoms. The van der Waals surface area contributed by atoms with Crippen molar-refractivity contribution < 1.29 is 53.4 Å². The van der Waals surface area contributed by atoms with E-state index in [2.05, 4.69) is 5.16 Å². The molecule has 3 N–H and O–H groups in total. The van der Waals surface area contributed by atoms with Gasteiger partial charge in [0, 0.05) is 31.4 Å². The molecule has 3 saturated heterocycles. The number of ether oxygens (including phenoxy) is 7. The third kappa shape index (κ3) is 8.60. The minimum absolute atomic E-state index is 0.173. The summed E-state index contributed by atoms with van der Waals surface area (Å²) in [6.45, 7) is 15.5. The molecular formula is C35H60N2O11. The predicted octanol–water partition coefficient (Wildman–Crippen LogP) is 3.12. The molecule has 4 aliphatic rings. The largest absolute Gasteiger partial charge is 0.462 e. The van der Waals surface area contributed by atoms with Crippen molar-refractivity contribution >= 4 is 11.7 Å². The quantitative estimate of drug-likeness (QED) is 0.163. The Hall–Kier alpha value is -1.68. The van der Waals surface area contributed by atoms with Gasteiger partial charge in [-0.3, -0.25) is 4.79 Å². The van der Waals surface area contributed by atoms with Gasteiger partial charge >= 0.3 is 5.97 Å². The van der Waals surface area contributed by atoms with E-state index in [0.29, 0.717) is 25.2 Å². The number of nitrogens with zero attached hydrogens (tertiary/aromatic N) is 2. The third-order valence-corrected chi connectivity index (χ3v) is 10.9. The molecule has 0 saturated carbocycles. The number of likely N-dealkylation sites (N-methyl/N-ethyl adjacent to an activating group) is 1. The highest BCUT2D eigenvalue weighted by Crippen LogP contribution is 2.43. The number of hydrogen-bond acceptors (Lipinski definition) is 13. The van der Waals surface area contributed by atoms with Crippen LogP contribution in [0.1, 0.15) is 74.7 Å². The van der Waals surface area contributed by atoms with Gasteiger partial charge in [0.15, 0.2) is 12.6 Å². The summed E-state index contributed by atoms with van der Waals surface area (Å²) in [4.78, 5) is 15.8. The number of cyclic esters (lactones) is 1. The first-order valence-corrected chi connectivity index (χ1v) is 17.5. The van der Waals surface area contributed by atoms with E-state index >= 15 is 0 Å². The summed E-state index contributed by atoms with van der Waals surface area (Å²) in [5, 5.41) is 36.0. The Labute approximate surface area is 285 Å². The average molecular weight is 685 g/mol. The molecule has 4 aliphatic heterocycles. The van der Waals surface area contributed by atoms with Crippen LogP contribution in [0.3, 0.4) is 0 Å². The van der Waals surface area contributed by atoms with Crippen LogP contribution in [-0.2, 0) is 38.0 Å². The maximum absolute atomic E-state index is 13.9. The molecule has 0 radical (unpaired) electrons. The average Bonchev–Trinajstić information content (AvgIpc) is 3.79. The van der Waals surface area contributed by atoms with Gasteiger partial charge in [0.05, 0.1) is 43.0 Å². The van der Waals surface area contributed by atoms with Crippen LogP contribution >= 0.6 is 0 Å². The number of esters is 1. The zero-order chi connectivity index (χ0) is 35.7. The number of epoxide rings is 1. The predicted molar refractivity (Wildman–Crippen MR) is 176 cm³/mol. The number of carbonyl (C=O) groups excluding carboxylic acids is 1. The standard InChI is InChI=1S/C35H60N2O11/c1-17-12-18(2)32(36-41)35(16-43-35)15-19(3)30(48-34-29(39)25(37(9)10)13-20(4)44-34)21(5)31(22(6)33(40)46-23(17)7)47-27-14-26(42-11)28(38)24(8)45-27/h12,17,19-31,34,38-39,41H,13-16H2,1-11H3/b18-12+,36-32+/t17-,19+,20-,21-,22-,23-,24+,25+,26+,27+,28+,29-,30+,31?,34+,35-/m1/s1. The molecule has 0 aromatic rings. The molecule has 13 heteroatoms. The second-order valence-electron chi connectivity index (χ2n) is 15.0. The normalized spacial score (nSPS) is 48.5. The number of methoxy groups -OCH3 is 1. The number of oxime groups is 1. The van der Waals surface area contributed by atoms with Gasteiger partial charge in [0.1, 0.15) is 29.6 Å². The van der Waals surface area contributed by atoms with Gasteiger partial charge in [-0.1, -0.05) is 32.0 Å². The van der Waals surface area contributed by atoms with Crippen LogP contribution in [0.4, 0.5) is 0 Å². The molecule has 0 aromatic heterocycles. The lowest BCUT2D eigenvalue weighted by Gasteiger charge is -2.46. The Morgan fingerprint density at radius 3 is 2.21 bits per heavy atom. The van der Waals surface area contributed by atoms with Crippen LogP contribution in [0.5, 0.6) is 0 Å². The summed E-state index contributed by atoms with van der Waals surface area (Å²) in [6, 6.07) is -0.194. The molecule has 13 nitrogen and oxygen atoms in total. The van der Waals surface area contributed by atoms with Gasteiger partial charge in [-0.15, -0.1) is 0 Å². The zero-order valence-electron chi connectivity index (χ0n) is 30.6. The van der Waals surface area contributed by atoms with Gasteiger partial charge in [-0.2, -0.15) is 0 Å². The Kier molecular flexibility index (Phi) is 13.1. The highest BCUT2D eigenvalue weighted by atomic mass is 16.7. The van der Waals surface area contributed by atoms with E-state index in [1.54, 1.807) is 13.8 Å². The third-order valence-electron chi connectivity index (χ3n) is 10.9. The van der Waals surface area contributed by atoms with Crippen LogP contribution in [0, 0.1) is 23.7 Å². The van der Waals surface area contributed by atoms with Crippen molar-refractivity contribution in [3.63, 3.8) is 0 Å². The molecule has 3 fully saturated rings. The second-order valence-corrected chi connectivity index (χ2v) is 15.0. The summed E-state index contributed by atoms with van der Waals surface area (Å²) in [7, 11) is 5.38. The van der Waals surface area contributed by atoms with Gasteiger partial charge in [-0.25, -0.2) is 0 Å². The van der Waals surface area contributed by atoms with Crippen molar-refractivity contribution in [2.24, 2.45) is 28.8 Å². The van der Waals surface area contributed by atoms with Crippen molar-refractivity contribution in [3.05, 3.63) is 11.6 Å². The van der Waals surface area contributed by atoms with E-state index < -0.39 is 78.7 Å². The molecule has 48 heavy (non-hydrogen) atoms. The summed E-state index contributed by atoms with van der Waals surface area (Å²) in [6.07, 6.45) is -3.41. The maximum atomic E-state index is 13.9. The SMILES string of the molecule is CO[C@H]1C[C@H](OC2[C@@H](C)C(=O)O[C@H](C)[C@H](C)/C=C(C)/C(=N\O)[C@]3(CO3)C[C@H](C)[C@H](O[C@@H]3O[C@H](C)C[C@H](N(C)C)[C@H]3O)[C@H]2C)O[C@@H](C)[C@@H]1O. The molecule has 0 bridgehead atoms. The Bertz CT molecular complexity index is 1150. The minimum Gasteiger partial charge on any atom is -0.462 e. The van der Waals surface area contributed by atoms with Crippen molar-refractivity contribution in [2.45, 2.75) is 148 Å². The van der Waals surface area contributed by atoms with Gasteiger partial charge in [0.25, 0.3) is 0 Å².